The number of carbonyl (C=O) groups excluding carboxylic acids is 1. The third kappa shape index (κ3) is 4.05. The van der Waals surface area contributed by atoms with E-state index in [1.807, 2.05) is 31.2 Å². The van der Waals surface area contributed by atoms with Gasteiger partial charge < -0.3 is 10.6 Å². The van der Waals surface area contributed by atoms with Crippen molar-refractivity contribution in [2.45, 2.75) is 26.8 Å². The van der Waals surface area contributed by atoms with Crippen LogP contribution in [0.5, 0.6) is 0 Å². The number of benzene rings is 2. The number of nitrogens with one attached hydrogen (secondary N) is 2. The van der Waals surface area contributed by atoms with Gasteiger partial charge in [0.05, 0.1) is 0 Å². The zero-order chi connectivity index (χ0) is 15.4. The van der Waals surface area contributed by atoms with Crippen molar-refractivity contribution in [1.82, 2.24) is 0 Å². The lowest BCUT2D eigenvalue weighted by molar-refractivity contribution is -0.116. The van der Waals surface area contributed by atoms with Gasteiger partial charge in [-0.25, -0.2) is 4.39 Å². The van der Waals surface area contributed by atoms with Crippen LogP contribution in [0.4, 0.5) is 15.8 Å². The van der Waals surface area contributed by atoms with Crippen LogP contribution >= 0.6 is 0 Å². The fraction of sp³-hybridized carbons (Fsp3) is 0.235. The molecule has 0 saturated carbocycles. The lowest BCUT2D eigenvalue weighted by atomic mass is 10.2. The zero-order valence-corrected chi connectivity index (χ0v) is 12.4. The summed E-state index contributed by atoms with van der Waals surface area (Å²) in [6.45, 7) is 5.43. The van der Waals surface area contributed by atoms with E-state index in [0.717, 1.165) is 11.3 Å². The molecule has 0 radical (unpaired) electrons. The van der Waals surface area contributed by atoms with E-state index >= 15 is 0 Å². The smallest absolute Gasteiger partial charge is 0.246 e. The molecule has 2 aromatic rings. The maximum absolute atomic E-state index is 13.5. The minimum absolute atomic E-state index is 0.167. The maximum atomic E-state index is 13.5. The van der Waals surface area contributed by atoms with E-state index in [2.05, 4.69) is 10.6 Å². The Hall–Kier alpha value is -2.36. The highest BCUT2D eigenvalue weighted by Gasteiger charge is 2.13. The summed E-state index contributed by atoms with van der Waals surface area (Å²) in [6.07, 6.45) is 0. The first-order valence-electron chi connectivity index (χ1n) is 6.86. The molecular formula is C17H19FN2O. The monoisotopic (exact) mass is 286 g/mol. The molecule has 2 rings (SSSR count). The summed E-state index contributed by atoms with van der Waals surface area (Å²) in [6, 6.07) is 11.9. The first kappa shape index (κ1) is 15.0. The first-order valence-corrected chi connectivity index (χ1v) is 6.86. The normalized spacial score (nSPS) is 11.8. The Morgan fingerprint density at radius 2 is 1.67 bits per heavy atom. The fourth-order valence-corrected chi connectivity index (χ4v) is 1.89. The number of amides is 1. The topological polar surface area (TPSA) is 41.1 Å². The second-order valence-electron chi connectivity index (χ2n) is 5.19. The van der Waals surface area contributed by atoms with Gasteiger partial charge >= 0.3 is 0 Å². The van der Waals surface area contributed by atoms with E-state index in [1.54, 1.807) is 26.0 Å². The standard InChI is InChI=1S/C17H19FN2O/c1-11-4-7-14(8-5-11)20-17(21)13(3)19-15-9-6-12(2)16(18)10-15/h4-10,13,19H,1-3H3,(H,20,21)/t13-/m0/s1. The lowest BCUT2D eigenvalue weighted by Crippen LogP contribution is -2.31. The number of rotatable bonds is 4. The molecule has 4 heteroatoms. The van der Waals surface area contributed by atoms with E-state index in [1.165, 1.54) is 6.07 Å². The molecule has 0 saturated heterocycles. The molecule has 110 valence electrons. The molecule has 0 bridgehead atoms. The lowest BCUT2D eigenvalue weighted by Gasteiger charge is -2.15. The highest BCUT2D eigenvalue weighted by molar-refractivity contribution is 5.96. The number of aryl methyl sites for hydroxylation is 2. The minimum Gasteiger partial charge on any atom is -0.374 e. The van der Waals surface area contributed by atoms with Gasteiger partial charge in [-0.2, -0.15) is 0 Å². The second-order valence-corrected chi connectivity index (χ2v) is 5.19. The molecule has 0 aromatic heterocycles. The minimum atomic E-state index is -0.464. The molecule has 2 aromatic carbocycles. The second kappa shape index (κ2) is 6.39. The molecule has 0 fully saturated rings. The Morgan fingerprint density at radius 3 is 2.29 bits per heavy atom. The Labute approximate surface area is 124 Å². The largest absolute Gasteiger partial charge is 0.374 e. The Balaban J connectivity index is 1.98. The summed E-state index contributed by atoms with van der Waals surface area (Å²) in [5.41, 5.74) is 3.05. The van der Waals surface area contributed by atoms with E-state index < -0.39 is 6.04 Å². The van der Waals surface area contributed by atoms with Gasteiger partial charge in [-0.15, -0.1) is 0 Å². The summed E-state index contributed by atoms with van der Waals surface area (Å²) in [5.74, 6) is -0.453. The molecule has 1 atom stereocenters. The van der Waals surface area contributed by atoms with Crippen LogP contribution in [0.15, 0.2) is 42.5 Å². The van der Waals surface area contributed by atoms with Gasteiger partial charge in [0.25, 0.3) is 0 Å². The zero-order valence-electron chi connectivity index (χ0n) is 12.4. The van der Waals surface area contributed by atoms with Crippen molar-refractivity contribution >= 4 is 17.3 Å². The molecule has 0 heterocycles. The molecule has 21 heavy (non-hydrogen) atoms. The van der Waals surface area contributed by atoms with Crippen LogP contribution in [0.2, 0.25) is 0 Å². The molecule has 3 nitrogen and oxygen atoms in total. The number of hydrogen-bond acceptors (Lipinski definition) is 2. The van der Waals surface area contributed by atoms with Crippen molar-refractivity contribution in [3.8, 4) is 0 Å². The Bertz CT molecular complexity index is 638. The van der Waals surface area contributed by atoms with Crippen LogP contribution in [0.3, 0.4) is 0 Å². The fourth-order valence-electron chi connectivity index (χ4n) is 1.89. The van der Waals surface area contributed by atoms with Crippen LogP contribution in [0.1, 0.15) is 18.1 Å². The van der Waals surface area contributed by atoms with Crippen molar-refractivity contribution < 1.29 is 9.18 Å². The van der Waals surface area contributed by atoms with Gasteiger partial charge in [-0.05, 0) is 50.6 Å². The van der Waals surface area contributed by atoms with E-state index in [-0.39, 0.29) is 11.7 Å². The summed E-state index contributed by atoms with van der Waals surface area (Å²) in [4.78, 5) is 12.1. The predicted octanol–water partition coefficient (Wildman–Crippen LogP) is 3.88. The van der Waals surface area contributed by atoms with Crippen molar-refractivity contribution in [1.29, 1.82) is 0 Å². The average molecular weight is 286 g/mol. The number of hydrogen-bond donors (Lipinski definition) is 2. The summed E-state index contributed by atoms with van der Waals surface area (Å²) in [5, 5.41) is 5.81. The van der Waals surface area contributed by atoms with Crippen LogP contribution in [0.25, 0.3) is 0 Å². The highest BCUT2D eigenvalue weighted by atomic mass is 19.1. The summed E-state index contributed by atoms with van der Waals surface area (Å²) < 4.78 is 13.5. The molecule has 0 spiro atoms. The quantitative estimate of drug-likeness (QED) is 0.895. The highest BCUT2D eigenvalue weighted by Crippen LogP contribution is 2.15. The molecule has 0 unspecified atom stereocenters. The number of anilines is 2. The van der Waals surface area contributed by atoms with E-state index in [4.69, 9.17) is 0 Å². The van der Waals surface area contributed by atoms with Crippen molar-refractivity contribution in [2.75, 3.05) is 10.6 Å². The van der Waals surface area contributed by atoms with E-state index in [0.29, 0.717) is 11.3 Å². The van der Waals surface area contributed by atoms with Crippen molar-refractivity contribution in [3.05, 3.63) is 59.4 Å². The first-order chi connectivity index (χ1) is 9.95. The molecule has 0 aliphatic carbocycles. The third-order valence-corrected chi connectivity index (χ3v) is 3.27. The number of carbonyl (C=O) groups is 1. The van der Waals surface area contributed by atoms with Crippen LogP contribution in [-0.2, 0) is 4.79 Å². The predicted molar refractivity (Wildman–Crippen MR) is 84.0 cm³/mol. The van der Waals surface area contributed by atoms with Gasteiger partial charge in [-0.3, -0.25) is 4.79 Å². The molecule has 0 aliphatic heterocycles. The van der Waals surface area contributed by atoms with Crippen molar-refractivity contribution in [3.63, 3.8) is 0 Å². The average Bonchev–Trinajstić information content (AvgIpc) is 2.45. The molecule has 2 N–H and O–H groups in total. The van der Waals surface area contributed by atoms with Gasteiger partial charge in [0, 0.05) is 11.4 Å². The van der Waals surface area contributed by atoms with Gasteiger partial charge in [0.1, 0.15) is 11.9 Å². The van der Waals surface area contributed by atoms with Crippen LogP contribution in [0, 0.1) is 19.7 Å². The summed E-state index contributed by atoms with van der Waals surface area (Å²) in [7, 11) is 0. The van der Waals surface area contributed by atoms with Gasteiger partial charge in [0.15, 0.2) is 0 Å². The molecular weight excluding hydrogens is 267 g/mol. The van der Waals surface area contributed by atoms with Crippen LogP contribution < -0.4 is 10.6 Å². The van der Waals surface area contributed by atoms with Gasteiger partial charge in [0.2, 0.25) is 5.91 Å². The SMILES string of the molecule is Cc1ccc(NC(=O)[C@H](C)Nc2ccc(C)c(F)c2)cc1. The van der Waals surface area contributed by atoms with Crippen molar-refractivity contribution in [2.24, 2.45) is 0 Å². The Kier molecular flexibility index (Phi) is 4.58. The van der Waals surface area contributed by atoms with E-state index in [9.17, 15) is 9.18 Å². The molecule has 0 aliphatic rings. The maximum Gasteiger partial charge on any atom is 0.246 e. The van der Waals surface area contributed by atoms with Crippen LogP contribution in [-0.4, -0.2) is 11.9 Å². The number of halogens is 1. The summed E-state index contributed by atoms with van der Waals surface area (Å²) >= 11 is 0. The third-order valence-electron chi connectivity index (χ3n) is 3.27. The van der Waals surface area contributed by atoms with Gasteiger partial charge in [-0.1, -0.05) is 23.8 Å². The Morgan fingerprint density at radius 1 is 1.05 bits per heavy atom. The molecule has 1 amide bonds.